The van der Waals surface area contributed by atoms with E-state index >= 15 is 0 Å². The van der Waals surface area contributed by atoms with E-state index in [2.05, 4.69) is 26.8 Å². The number of nitrogens with zero attached hydrogens (tertiary/aromatic N) is 3. The van der Waals surface area contributed by atoms with E-state index in [0.717, 1.165) is 22.5 Å². The van der Waals surface area contributed by atoms with E-state index < -0.39 is 0 Å². The van der Waals surface area contributed by atoms with Crippen LogP contribution in [0.15, 0.2) is 61.4 Å². The molecule has 0 aliphatic carbocycles. The molecule has 0 saturated heterocycles. The van der Waals surface area contributed by atoms with E-state index in [9.17, 15) is 0 Å². The van der Waals surface area contributed by atoms with Crippen LogP contribution in [0.4, 0.5) is 11.6 Å². The van der Waals surface area contributed by atoms with Crippen LogP contribution in [0.1, 0.15) is 12.5 Å². The summed E-state index contributed by atoms with van der Waals surface area (Å²) in [6.45, 7) is 6.44. The highest BCUT2D eigenvalue weighted by atomic mass is 16.5. The van der Waals surface area contributed by atoms with Crippen LogP contribution in [-0.4, -0.2) is 28.7 Å². The first-order chi connectivity index (χ1) is 12.7. The van der Waals surface area contributed by atoms with Crippen molar-refractivity contribution in [3.63, 3.8) is 0 Å². The molecule has 0 radical (unpaired) electrons. The third kappa shape index (κ3) is 3.97. The second-order valence-electron chi connectivity index (χ2n) is 5.39. The van der Waals surface area contributed by atoms with Crippen LogP contribution >= 0.6 is 0 Å². The zero-order valence-corrected chi connectivity index (χ0v) is 14.8. The number of aromatic nitrogens is 3. The fourth-order valence-electron chi connectivity index (χ4n) is 2.47. The summed E-state index contributed by atoms with van der Waals surface area (Å²) in [5.74, 6) is 1.63. The molecule has 1 aromatic carbocycles. The lowest BCUT2D eigenvalue weighted by atomic mass is 10.2. The molecule has 0 atom stereocenters. The molecule has 3 aromatic rings. The van der Waals surface area contributed by atoms with E-state index in [-0.39, 0.29) is 0 Å². The molecule has 1 N–H and O–H groups in total. The normalized spacial score (nSPS) is 10.2. The van der Waals surface area contributed by atoms with Crippen LogP contribution < -0.4 is 10.1 Å². The Morgan fingerprint density at radius 3 is 2.81 bits per heavy atom. The van der Waals surface area contributed by atoms with E-state index in [1.54, 1.807) is 19.5 Å². The van der Waals surface area contributed by atoms with Crippen LogP contribution in [0.2, 0.25) is 0 Å². The molecular weight excluding hydrogens is 328 g/mol. The summed E-state index contributed by atoms with van der Waals surface area (Å²) >= 11 is 0. The summed E-state index contributed by atoms with van der Waals surface area (Å²) in [4.78, 5) is 13.1. The van der Waals surface area contributed by atoms with Gasteiger partial charge in [-0.3, -0.25) is 0 Å². The second kappa shape index (κ2) is 8.11. The number of benzene rings is 1. The van der Waals surface area contributed by atoms with Crippen molar-refractivity contribution in [1.82, 2.24) is 15.0 Å². The van der Waals surface area contributed by atoms with Gasteiger partial charge in [-0.15, -0.1) is 0 Å². The molecule has 2 heterocycles. The molecule has 0 aliphatic heterocycles. The van der Waals surface area contributed by atoms with E-state index in [0.29, 0.717) is 24.2 Å². The highest BCUT2D eigenvalue weighted by molar-refractivity contribution is 5.68. The molecule has 6 nitrogen and oxygen atoms in total. The van der Waals surface area contributed by atoms with Gasteiger partial charge >= 0.3 is 0 Å². The van der Waals surface area contributed by atoms with Crippen molar-refractivity contribution < 1.29 is 9.47 Å². The second-order valence-corrected chi connectivity index (χ2v) is 5.39. The first kappa shape index (κ1) is 17.4. The van der Waals surface area contributed by atoms with Gasteiger partial charge in [-0.05, 0) is 37.3 Å². The van der Waals surface area contributed by atoms with Gasteiger partial charge in [0, 0.05) is 23.6 Å². The summed E-state index contributed by atoms with van der Waals surface area (Å²) < 4.78 is 10.8. The minimum atomic E-state index is 0.479. The first-order valence-electron chi connectivity index (χ1n) is 8.23. The number of methoxy groups -OCH3 is 1. The maximum Gasteiger partial charge on any atom is 0.227 e. The minimum Gasteiger partial charge on any atom is -0.494 e. The topological polar surface area (TPSA) is 69.2 Å². The minimum absolute atomic E-state index is 0.479. The lowest BCUT2D eigenvalue weighted by Gasteiger charge is -2.11. The van der Waals surface area contributed by atoms with Gasteiger partial charge in [0.2, 0.25) is 11.8 Å². The molecule has 0 fully saturated rings. The van der Waals surface area contributed by atoms with Crippen molar-refractivity contribution in [2.75, 3.05) is 19.0 Å². The molecule has 0 spiro atoms. The van der Waals surface area contributed by atoms with Gasteiger partial charge in [-0.2, -0.15) is 0 Å². The van der Waals surface area contributed by atoms with Crippen molar-refractivity contribution in [1.29, 1.82) is 0 Å². The average molecular weight is 348 g/mol. The summed E-state index contributed by atoms with van der Waals surface area (Å²) in [6, 6.07) is 13.3. The molecule has 26 heavy (non-hydrogen) atoms. The summed E-state index contributed by atoms with van der Waals surface area (Å²) in [6.07, 6.45) is 3.37. The summed E-state index contributed by atoms with van der Waals surface area (Å²) in [5.41, 5.74) is 3.28. The van der Waals surface area contributed by atoms with Gasteiger partial charge in [0.15, 0.2) is 0 Å². The fourth-order valence-corrected chi connectivity index (χ4v) is 2.47. The number of pyridine rings is 1. The van der Waals surface area contributed by atoms with Crippen molar-refractivity contribution in [3.8, 4) is 17.1 Å². The summed E-state index contributed by atoms with van der Waals surface area (Å²) in [7, 11) is 1.59. The van der Waals surface area contributed by atoms with Crippen molar-refractivity contribution in [2.24, 2.45) is 0 Å². The van der Waals surface area contributed by atoms with Gasteiger partial charge in [0.25, 0.3) is 0 Å². The Balaban J connectivity index is 1.86. The average Bonchev–Trinajstić information content (AvgIpc) is 2.68. The van der Waals surface area contributed by atoms with Crippen molar-refractivity contribution in [2.45, 2.75) is 6.92 Å². The lowest BCUT2D eigenvalue weighted by molar-refractivity contribution is 0.299. The smallest absolute Gasteiger partial charge is 0.227 e. The molecule has 132 valence electrons. The Labute approximate surface area is 152 Å². The highest BCUT2D eigenvalue weighted by Gasteiger charge is 2.09. The van der Waals surface area contributed by atoms with E-state index in [1.807, 2.05) is 49.4 Å². The van der Waals surface area contributed by atoms with Crippen molar-refractivity contribution >= 4 is 17.4 Å². The Morgan fingerprint density at radius 2 is 2.00 bits per heavy atom. The molecule has 0 unspecified atom stereocenters. The van der Waals surface area contributed by atoms with Crippen LogP contribution in [0.3, 0.4) is 0 Å². The Morgan fingerprint density at radius 1 is 1.12 bits per heavy atom. The van der Waals surface area contributed by atoms with Gasteiger partial charge < -0.3 is 14.8 Å². The van der Waals surface area contributed by atoms with E-state index in [1.165, 1.54) is 0 Å². The SMILES string of the molecule is C=C(OCC)c1cccc(Nc2nccc(-c3cccnc3OC)n2)c1. The number of ether oxygens (including phenoxy) is 2. The maximum absolute atomic E-state index is 5.46. The lowest BCUT2D eigenvalue weighted by Crippen LogP contribution is -2.00. The van der Waals surface area contributed by atoms with E-state index in [4.69, 9.17) is 9.47 Å². The molecule has 6 heteroatoms. The third-order valence-electron chi connectivity index (χ3n) is 3.66. The Bertz CT molecular complexity index is 912. The molecule has 2 aromatic heterocycles. The Kier molecular flexibility index (Phi) is 5.43. The van der Waals surface area contributed by atoms with Crippen LogP contribution in [0, 0.1) is 0 Å². The number of hydrogen-bond acceptors (Lipinski definition) is 6. The zero-order chi connectivity index (χ0) is 18.4. The predicted molar refractivity (Wildman–Crippen MR) is 102 cm³/mol. The zero-order valence-electron chi connectivity index (χ0n) is 14.8. The van der Waals surface area contributed by atoms with Gasteiger partial charge in [0.05, 0.1) is 25.0 Å². The van der Waals surface area contributed by atoms with Crippen LogP contribution in [-0.2, 0) is 4.74 Å². The number of anilines is 2. The summed E-state index contributed by atoms with van der Waals surface area (Å²) in [5, 5.41) is 3.21. The largest absolute Gasteiger partial charge is 0.494 e. The van der Waals surface area contributed by atoms with Gasteiger partial charge in [0.1, 0.15) is 5.76 Å². The predicted octanol–water partition coefficient (Wildman–Crippen LogP) is 4.30. The van der Waals surface area contributed by atoms with Crippen LogP contribution in [0.5, 0.6) is 5.88 Å². The maximum atomic E-state index is 5.46. The van der Waals surface area contributed by atoms with Crippen molar-refractivity contribution in [3.05, 3.63) is 67.0 Å². The van der Waals surface area contributed by atoms with Gasteiger partial charge in [-0.1, -0.05) is 18.7 Å². The standard InChI is InChI=1S/C20H20N4O2/c1-4-26-14(2)15-7-5-8-16(13-15)23-20-22-12-10-18(24-20)17-9-6-11-21-19(17)25-3/h5-13H,2,4H2,1,3H3,(H,22,23,24). The van der Waals surface area contributed by atoms with Crippen LogP contribution in [0.25, 0.3) is 17.0 Å². The monoisotopic (exact) mass is 348 g/mol. The molecule has 0 bridgehead atoms. The Hall–Kier alpha value is -3.41. The molecule has 0 aliphatic rings. The third-order valence-corrected chi connectivity index (χ3v) is 3.66. The number of nitrogens with one attached hydrogen (secondary N) is 1. The quantitative estimate of drug-likeness (QED) is 0.642. The van der Waals surface area contributed by atoms with Gasteiger partial charge in [-0.25, -0.2) is 15.0 Å². The molecule has 3 rings (SSSR count). The fraction of sp³-hybridized carbons (Fsp3) is 0.150. The highest BCUT2D eigenvalue weighted by Crippen LogP contribution is 2.27. The first-order valence-corrected chi connectivity index (χ1v) is 8.23. The molecule has 0 saturated carbocycles. The molecule has 0 amide bonds. The molecular formula is C20H20N4O2. The number of hydrogen-bond donors (Lipinski definition) is 1. The number of rotatable bonds is 7.